The second-order valence-electron chi connectivity index (χ2n) is 3.83. The number of nitrogen functional groups attached to an aromatic ring is 1. The summed E-state index contributed by atoms with van der Waals surface area (Å²) in [5.41, 5.74) is 9.02. The first-order valence-electron chi connectivity index (χ1n) is 5.13. The number of hydrogen-bond donors (Lipinski definition) is 1. The van der Waals surface area contributed by atoms with Crippen molar-refractivity contribution in [3.8, 4) is 0 Å². The van der Waals surface area contributed by atoms with E-state index >= 15 is 0 Å². The van der Waals surface area contributed by atoms with E-state index in [0.717, 1.165) is 35.8 Å². The molecule has 0 aliphatic carbocycles. The normalized spacial score (nSPS) is 18.1. The van der Waals surface area contributed by atoms with Crippen molar-refractivity contribution in [3.63, 3.8) is 0 Å². The van der Waals surface area contributed by atoms with Crippen LogP contribution in [0.15, 0.2) is 18.2 Å². The van der Waals surface area contributed by atoms with Gasteiger partial charge < -0.3 is 10.6 Å². The van der Waals surface area contributed by atoms with Crippen molar-refractivity contribution in [2.24, 2.45) is 0 Å². The van der Waals surface area contributed by atoms with Crippen LogP contribution in [0.2, 0.25) is 0 Å². The molecule has 1 aromatic rings. The van der Waals surface area contributed by atoms with Gasteiger partial charge in [0.1, 0.15) is 0 Å². The molecule has 2 N–H and O–H groups in total. The van der Waals surface area contributed by atoms with Gasteiger partial charge in [-0.25, -0.2) is 0 Å². The predicted molar refractivity (Wildman–Crippen MR) is 65.7 cm³/mol. The lowest BCUT2D eigenvalue weighted by Crippen LogP contribution is -2.38. The van der Waals surface area contributed by atoms with Gasteiger partial charge in [0.15, 0.2) is 0 Å². The lowest BCUT2D eigenvalue weighted by molar-refractivity contribution is 0.673. The highest BCUT2D eigenvalue weighted by Crippen LogP contribution is 2.25. The molecule has 0 spiro atoms. The number of benzene rings is 1. The molecular formula is C11H16N2OS. The zero-order valence-corrected chi connectivity index (χ0v) is 9.72. The van der Waals surface area contributed by atoms with Gasteiger partial charge in [-0.2, -0.15) is 0 Å². The molecule has 1 fully saturated rings. The van der Waals surface area contributed by atoms with Crippen molar-refractivity contribution in [2.45, 2.75) is 6.92 Å². The van der Waals surface area contributed by atoms with E-state index in [-0.39, 0.29) is 0 Å². The Morgan fingerprint density at radius 2 is 2.00 bits per heavy atom. The van der Waals surface area contributed by atoms with Gasteiger partial charge in [0.25, 0.3) is 0 Å². The monoisotopic (exact) mass is 224 g/mol. The molecule has 4 heteroatoms. The van der Waals surface area contributed by atoms with Crippen LogP contribution in [0.4, 0.5) is 11.4 Å². The molecule has 1 aliphatic rings. The molecule has 2 rings (SSSR count). The van der Waals surface area contributed by atoms with E-state index in [1.807, 2.05) is 19.1 Å². The lowest BCUT2D eigenvalue weighted by atomic mass is 10.1. The molecule has 1 heterocycles. The summed E-state index contributed by atoms with van der Waals surface area (Å²) in [5, 5.41) is 0. The van der Waals surface area contributed by atoms with Gasteiger partial charge in [0, 0.05) is 46.8 Å². The molecule has 0 saturated carbocycles. The van der Waals surface area contributed by atoms with Crippen LogP contribution >= 0.6 is 0 Å². The van der Waals surface area contributed by atoms with E-state index in [9.17, 15) is 4.21 Å². The quantitative estimate of drug-likeness (QED) is 0.728. The van der Waals surface area contributed by atoms with Crippen molar-refractivity contribution in [1.29, 1.82) is 0 Å². The summed E-state index contributed by atoms with van der Waals surface area (Å²) in [7, 11) is -0.620. The molecule has 0 radical (unpaired) electrons. The third-order valence-electron chi connectivity index (χ3n) is 2.87. The Labute approximate surface area is 92.7 Å². The van der Waals surface area contributed by atoms with E-state index in [2.05, 4.69) is 11.0 Å². The number of anilines is 2. The summed E-state index contributed by atoms with van der Waals surface area (Å²) in [6.45, 7) is 3.78. The maximum Gasteiger partial charge on any atom is 0.0417 e. The van der Waals surface area contributed by atoms with Crippen LogP contribution < -0.4 is 10.6 Å². The number of nitrogens with two attached hydrogens (primary N) is 1. The van der Waals surface area contributed by atoms with Gasteiger partial charge in [-0.1, -0.05) is 6.07 Å². The molecule has 0 aromatic heterocycles. The first-order valence-corrected chi connectivity index (χ1v) is 6.62. The molecule has 3 nitrogen and oxygen atoms in total. The molecule has 0 bridgehead atoms. The van der Waals surface area contributed by atoms with Crippen LogP contribution in [0, 0.1) is 6.92 Å². The van der Waals surface area contributed by atoms with Crippen molar-refractivity contribution >= 4 is 22.2 Å². The van der Waals surface area contributed by atoms with E-state index in [1.165, 1.54) is 5.69 Å². The van der Waals surface area contributed by atoms with Crippen molar-refractivity contribution in [3.05, 3.63) is 23.8 Å². The standard InChI is InChI=1S/C11H16N2OS/c1-9-10(12)3-2-4-11(9)13-5-7-15(14)8-6-13/h2-4H,5-8,12H2,1H3. The summed E-state index contributed by atoms with van der Waals surface area (Å²) >= 11 is 0. The summed E-state index contributed by atoms with van der Waals surface area (Å²) in [6.07, 6.45) is 0. The van der Waals surface area contributed by atoms with Gasteiger partial charge in [0.2, 0.25) is 0 Å². The highest BCUT2D eigenvalue weighted by Gasteiger charge is 2.17. The van der Waals surface area contributed by atoms with Crippen molar-refractivity contribution in [2.75, 3.05) is 35.2 Å². The predicted octanol–water partition coefficient (Wildman–Crippen LogP) is 1.15. The molecule has 1 aliphatic heterocycles. The first-order chi connectivity index (χ1) is 7.18. The molecule has 82 valence electrons. The SMILES string of the molecule is Cc1c(N)cccc1N1CCS(=O)CC1. The van der Waals surface area contributed by atoms with E-state index in [1.54, 1.807) is 0 Å². The highest BCUT2D eigenvalue weighted by molar-refractivity contribution is 7.85. The van der Waals surface area contributed by atoms with Crippen LogP contribution in [0.3, 0.4) is 0 Å². The molecule has 0 atom stereocenters. The Hall–Kier alpha value is -1.03. The lowest BCUT2D eigenvalue weighted by Gasteiger charge is -2.30. The van der Waals surface area contributed by atoms with Crippen molar-refractivity contribution in [1.82, 2.24) is 0 Å². The summed E-state index contributed by atoms with van der Waals surface area (Å²) < 4.78 is 11.3. The minimum Gasteiger partial charge on any atom is -0.398 e. The molecule has 0 unspecified atom stereocenters. The third-order valence-corrected chi connectivity index (χ3v) is 4.14. The molecule has 0 amide bonds. The number of nitrogens with zero attached hydrogens (tertiary/aromatic N) is 1. The van der Waals surface area contributed by atoms with E-state index in [0.29, 0.717) is 0 Å². The van der Waals surface area contributed by atoms with Crippen LogP contribution in [-0.2, 0) is 10.8 Å². The van der Waals surface area contributed by atoms with Crippen LogP contribution in [0.5, 0.6) is 0 Å². The summed E-state index contributed by atoms with van der Waals surface area (Å²) in [6, 6.07) is 5.98. The minimum absolute atomic E-state index is 0.620. The Morgan fingerprint density at radius 1 is 1.33 bits per heavy atom. The summed E-state index contributed by atoms with van der Waals surface area (Å²) in [5.74, 6) is 1.54. The highest BCUT2D eigenvalue weighted by atomic mass is 32.2. The second kappa shape index (κ2) is 4.23. The fraction of sp³-hybridized carbons (Fsp3) is 0.455. The summed E-state index contributed by atoms with van der Waals surface area (Å²) in [4.78, 5) is 2.27. The van der Waals surface area contributed by atoms with Gasteiger partial charge in [-0.3, -0.25) is 4.21 Å². The molecule has 1 saturated heterocycles. The van der Waals surface area contributed by atoms with Crippen molar-refractivity contribution < 1.29 is 4.21 Å². The molecule has 1 aromatic carbocycles. The largest absolute Gasteiger partial charge is 0.398 e. The first kappa shape index (κ1) is 10.5. The minimum atomic E-state index is -0.620. The molecular weight excluding hydrogens is 208 g/mol. The Morgan fingerprint density at radius 3 is 2.67 bits per heavy atom. The van der Waals surface area contributed by atoms with E-state index in [4.69, 9.17) is 5.73 Å². The Balaban J connectivity index is 2.22. The zero-order valence-electron chi connectivity index (χ0n) is 8.90. The van der Waals surface area contributed by atoms with Gasteiger partial charge in [-0.15, -0.1) is 0 Å². The average Bonchev–Trinajstić information content (AvgIpc) is 2.24. The third kappa shape index (κ3) is 2.15. The Kier molecular flexibility index (Phi) is 2.95. The fourth-order valence-electron chi connectivity index (χ4n) is 1.86. The van der Waals surface area contributed by atoms with Gasteiger partial charge in [-0.05, 0) is 24.6 Å². The maximum absolute atomic E-state index is 11.3. The van der Waals surface area contributed by atoms with Crippen LogP contribution in [-0.4, -0.2) is 28.8 Å². The fourth-order valence-corrected chi connectivity index (χ4v) is 2.91. The average molecular weight is 224 g/mol. The zero-order chi connectivity index (χ0) is 10.8. The maximum atomic E-state index is 11.3. The van der Waals surface area contributed by atoms with Crippen LogP contribution in [0.1, 0.15) is 5.56 Å². The smallest absolute Gasteiger partial charge is 0.0417 e. The topological polar surface area (TPSA) is 46.3 Å². The molecule has 15 heavy (non-hydrogen) atoms. The second-order valence-corrected chi connectivity index (χ2v) is 5.52. The van der Waals surface area contributed by atoms with Gasteiger partial charge in [0.05, 0.1) is 0 Å². The van der Waals surface area contributed by atoms with E-state index < -0.39 is 10.8 Å². The van der Waals surface area contributed by atoms with Crippen LogP contribution in [0.25, 0.3) is 0 Å². The Bertz CT molecular complexity index is 382. The number of rotatable bonds is 1. The van der Waals surface area contributed by atoms with Gasteiger partial charge >= 0.3 is 0 Å². The number of hydrogen-bond acceptors (Lipinski definition) is 3.